The lowest BCUT2D eigenvalue weighted by Gasteiger charge is -2.25. The molecule has 0 aliphatic heterocycles. The number of nitrogens with zero attached hydrogens (tertiary/aromatic N) is 3. The van der Waals surface area contributed by atoms with Gasteiger partial charge in [-0.2, -0.15) is 4.98 Å². The van der Waals surface area contributed by atoms with Crippen LogP contribution in [0.25, 0.3) is 0 Å². The van der Waals surface area contributed by atoms with E-state index in [1.165, 1.54) is 0 Å². The van der Waals surface area contributed by atoms with E-state index in [4.69, 9.17) is 5.73 Å². The van der Waals surface area contributed by atoms with Crippen molar-refractivity contribution in [3.63, 3.8) is 0 Å². The summed E-state index contributed by atoms with van der Waals surface area (Å²) in [7, 11) is 3.82. The van der Waals surface area contributed by atoms with E-state index in [9.17, 15) is 0 Å². The van der Waals surface area contributed by atoms with Gasteiger partial charge in [-0.15, -0.1) is 0 Å². The standard InChI is InChI=1S/C10H19N5/c1-10(2,7-11)14-8-5-6-12-9(13-8)15(3)4/h5-6H,7,11H2,1-4H3,(H,12,13,14). The molecule has 0 fully saturated rings. The number of nitrogens with one attached hydrogen (secondary N) is 1. The van der Waals surface area contributed by atoms with Crippen molar-refractivity contribution < 1.29 is 0 Å². The van der Waals surface area contributed by atoms with Gasteiger partial charge in [-0.05, 0) is 19.9 Å². The van der Waals surface area contributed by atoms with Crippen LogP contribution in [0, 0.1) is 0 Å². The van der Waals surface area contributed by atoms with Gasteiger partial charge in [0.25, 0.3) is 0 Å². The van der Waals surface area contributed by atoms with Gasteiger partial charge in [0.2, 0.25) is 5.95 Å². The normalized spacial score (nSPS) is 11.3. The van der Waals surface area contributed by atoms with Crippen molar-refractivity contribution in [2.75, 3.05) is 30.9 Å². The van der Waals surface area contributed by atoms with E-state index in [0.29, 0.717) is 12.5 Å². The van der Waals surface area contributed by atoms with Gasteiger partial charge in [-0.3, -0.25) is 0 Å². The Morgan fingerprint density at radius 3 is 2.67 bits per heavy atom. The third-order valence-corrected chi connectivity index (χ3v) is 2.02. The third kappa shape index (κ3) is 3.36. The molecule has 3 N–H and O–H groups in total. The molecule has 1 heterocycles. The van der Waals surface area contributed by atoms with Crippen molar-refractivity contribution in [2.24, 2.45) is 5.73 Å². The van der Waals surface area contributed by atoms with Crippen LogP contribution >= 0.6 is 0 Å². The Kier molecular flexibility index (Phi) is 3.47. The summed E-state index contributed by atoms with van der Waals surface area (Å²) in [4.78, 5) is 10.4. The molecule has 0 saturated heterocycles. The van der Waals surface area contributed by atoms with E-state index in [1.807, 2.05) is 38.9 Å². The lowest BCUT2D eigenvalue weighted by atomic mass is 10.1. The van der Waals surface area contributed by atoms with Gasteiger partial charge in [-0.1, -0.05) is 0 Å². The third-order valence-electron chi connectivity index (χ3n) is 2.02. The first-order chi connectivity index (χ1) is 6.94. The van der Waals surface area contributed by atoms with Gasteiger partial charge < -0.3 is 16.0 Å². The molecule has 0 radical (unpaired) electrons. The Hall–Kier alpha value is -1.36. The molecule has 0 aliphatic rings. The van der Waals surface area contributed by atoms with Gasteiger partial charge >= 0.3 is 0 Å². The molecular formula is C10H19N5. The summed E-state index contributed by atoms with van der Waals surface area (Å²) in [6, 6.07) is 1.84. The quantitative estimate of drug-likeness (QED) is 0.763. The predicted octanol–water partition coefficient (Wildman–Crippen LogP) is 0.692. The average molecular weight is 209 g/mol. The summed E-state index contributed by atoms with van der Waals surface area (Å²) in [6.45, 7) is 4.61. The lowest BCUT2D eigenvalue weighted by Crippen LogP contribution is -2.39. The molecule has 0 saturated carbocycles. The van der Waals surface area contributed by atoms with Crippen molar-refractivity contribution in [3.05, 3.63) is 12.3 Å². The van der Waals surface area contributed by atoms with E-state index >= 15 is 0 Å². The Morgan fingerprint density at radius 2 is 2.13 bits per heavy atom. The molecule has 0 bridgehead atoms. The van der Waals surface area contributed by atoms with Crippen LogP contribution in [0.2, 0.25) is 0 Å². The van der Waals surface area contributed by atoms with E-state index in [-0.39, 0.29) is 5.54 Å². The molecule has 84 valence electrons. The molecule has 0 amide bonds. The molecular weight excluding hydrogens is 190 g/mol. The second kappa shape index (κ2) is 4.44. The van der Waals surface area contributed by atoms with Gasteiger partial charge in [-0.25, -0.2) is 4.98 Å². The van der Waals surface area contributed by atoms with Crippen LogP contribution in [0.5, 0.6) is 0 Å². The first-order valence-electron chi connectivity index (χ1n) is 4.93. The Bertz CT molecular complexity index is 321. The second-order valence-corrected chi connectivity index (χ2v) is 4.35. The summed E-state index contributed by atoms with van der Waals surface area (Å²) >= 11 is 0. The molecule has 0 aromatic carbocycles. The maximum absolute atomic E-state index is 5.64. The van der Waals surface area contributed by atoms with Crippen molar-refractivity contribution in [2.45, 2.75) is 19.4 Å². The number of hydrogen-bond donors (Lipinski definition) is 2. The molecule has 1 rings (SSSR count). The fourth-order valence-electron chi connectivity index (χ4n) is 1.03. The topological polar surface area (TPSA) is 67.1 Å². The highest BCUT2D eigenvalue weighted by atomic mass is 15.2. The summed E-state index contributed by atoms with van der Waals surface area (Å²) in [5, 5.41) is 3.26. The van der Waals surface area contributed by atoms with E-state index in [2.05, 4.69) is 15.3 Å². The van der Waals surface area contributed by atoms with Crippen molar-refractivity contribution in [1.82, 2.24) is 9.97 Å². The Balaban J connectivity index is 2.82. The highest BCUT2D eigenvalue weighted by molar-refractivity contribution is 5.42. The van der Waals surface area contributed by atoms with Crippen LogP contribution in [-0.4, -0.2) is 36.1 Å². The SMILES string of the molecule is CN(C)c1nccc(NC(C)(C)CN)n1. The smallest absolute Gasteiger partial charge is 0.226 e. The number of anilines is 2. The predicted molar refractivity (Wildman–Crippen MR) is 63.1 cm³/mol. The summed E-state index contributed by atoms with van der Waals surface area (Å²) in [5.74, 6) is 1.48. The number of nitrogens with two attached hydrogens (primary N) is 1. The van der Waals surface area contributed by atoms with Crippen LogP contribution in [0.1, 0.15) is 13.8 Å². The zero-order valence-corrected chi connectivity index (χ0v) is 9.78. The summed E-state index contributed by atoms with van der Waals surface area (Å²) < 4.78 is 0. The average Bonchev–Trinajstić information content (AvgIpc) is 2.17. The molecule has 0 atom stereocenters. The summed E-state index contributed by atoms with van der Waals surface area (Å²) in [6.07, 6.45) is 1.73. The lowest BCUT2D eigenvalue weighted by molar-refractivity contribution is 0.577. The van der Waals surface area contributed by atoms with Crippen molar-refractivity contribution >= 4 is 11.8 Å². The van der Waals surface area contributed by atoms with E-state index in [0.717, 1.165) is 5.82 Å². The fraction of sp³-hybridized carbons (Fsp3) is 0.600. The van der Waals surface area contributed by atoms with E-state index in [1.54, 1.807) is 6.20 Å². The Morgan fingerprint density at radius 1 is 1.47 bits per heavy atom. The molecule has 0 aliphatic carbocycles. The molecule has 15 heavy (non-hydrogen) atoms. The number of hydrogen-bond acceptors (Lipinski definition) is 5. The van der Waals surface area contributed by atoms with Gasteiger partial charge in [0, 0.05) is 32.4 Å². The van der Waals surface area contributed by atoms with Gasteiger partial charge in [0.1, 0.15) is 5.82 Å². The van der Waals surface area contributed by atoms with Crippen LogP contribution < -0.4 is 16.0 Å². The van der Waals surface area contributed by atoms with Crippen molar-refractivity contribution in [3.8, 4) is 0 Å². The second-order valence-electron chi connectivity index (χ2n) is 4.35. The summed E-state index contributed by atoms with van der Waals surface area (Å²) in [5.41, 5.74) is 5.48. The van der Waals surface area contributed by atoms with Crippen LogP contribution in [0.15, 0.2) is 12.3 Å². The fourth-order valence-corrected chi connectivity index (χ4v) is 1.03. The maximum Gasteiger partial charge on any atom is 0.226 e. The highest BCUT2D eigenvalue weighted by Gasteiger charge is 2.15. The zero-order chi connectivity index (χ0) is 11.5. The van der Waals surface area contributed by atoms with Crippen LogP contribution in [0.4, 0.5) is 11.8 Å². The zero-order valence-electron chi connectivity index (χ0n) is 9.78. The minimum absolute atomic E-state index is 0.155. The molecule has 1 aromatic rings. The van der Waals surface area contributed by atoms with Crippen LogP contribution in [-0.2, 0) is 0 Å². The number of aromatic nitrogens is 2. The number of rotatable bonds is 4. The Labute approximate surface area is 90.7 Å². The first kappa shape index (κ1) is 11.7. The van der Waals surface area contributed by atoms with Gasteiger partial charge in [0.05, 0.1) is 0 Å². The molecule has 0 unspecified atom stereocenters. The minimum Gasteiger partial charge on any atom is -0.364 e. The maximum atomic E-state index is 5.64. The highest BCUT2D eigenvalue weighted by Crippen LogP contribution is 2.13. The molecule has 1 aromatic heterocycles. The van der Waals surface area contributed by atoms with Gasteiger partial charge in [0.15, 0.2) is 0 Å². The minimum atomic E-state index is -0.155. The van der Waals surface area contributed by atoms with E-state index < -0.39 is 0 Å². The largest absolute Gasteiger partial charge is 0.364 e. The monoisotopic (exact) mass is 209 g/mol. The first-order valence-corrected chi connectivity index (χ1v) is 4.93. The van der Waals surface area contributed by atoms with Crippen LogP contribution in [0.3, 0.4) is 0 Å². The molecule has 0 spiro atoms. The van der Waals surface area contributed by atoms with Crippen molar-refractivity contribution in [1.29, 1.82) is 0 Å². The molecule has 5 nitrogen and oxygen atoms in total. The molecule has 5 heteroatoms.